The van der Waals surface area contributed by atoms with Crippen molar-refractivity contribution in [1.82, 2.24) is 0 Å². The Labute approximate surface area is 144 Å². The van der Waals surface area contributed by atoms with Crippen LogP contribution in [0, 0.1) is 0 Å². The quantitative estimate of drug-likeness (QED) is 0.568. The van der Waals surface area contributed by atoms with Gasteiger partial charge in [0, 0.05) is 11.8 Å². The van der Waals surface area contributed by atoms with Gasteiger partial charge in [-0.15, -0.1) is 11.6 Å². The average Bonchev–Trinajstić information content (AvgIpc) is 2.64. The van der Waals surface area contributed by atoms with E-state index in [0.29, 0.717) is 23.9 Å². The first kappa shape index (κ1) is 18.1. The monoisotopic (exact) mass is 355 g/mol. The van der Waals surface area contributed by atoms with Crippen molar-refractivity contribution in [3.8, 4) is 5.75 Å². The predicted molar refractivity (Wildman–Crippen MR) is 87.0 cm³/mol. The third-order valence-electron chi connectivity index (χ3n) is 3.31. The highest BCUT2D eigenvalue weighted by molar-refractivity contribution is 6.18. The first-order valence-corrected chi connectivity index (χ1v) is 7.69. The van der Waals surface area contributed by atoms with Gasteiger partial charge in [0.1, 0.15) is 24.8 Å². The number of esters is 2. The first-order valence-electron chi connectivity index (χ1n) is 7.16. The number of ether oxygens (including phenoxy) is 4. The van der Waals surface area contributed by atoms with Crippen LogP contribution in [0.15, 0.2) is 35.5 Å². The highest BCUT2D eigenvalue weighted by Crippen LogP contribution is 2.29. The summed E-state index contributed by atoms with van der Waals surface area (Å²) in [5, 5.41) is 0. The highest BCUT2D eigenvalue weighted by atomic mass is 35.5. The van der Waals surface area contributed by atoms with E-state index < -0.39 is 11.9 Å². The molecular weight excluding hydrogens is 338 g/mol. The zero-order valence-corrected chi connectivity index (χ0v) is 14.2. The fraction of sp³-hybridized carbons (Fsp3) is 0.375. The largest absolute Gasteiger partial charge is 0.492 e. The van der Waals surface area contributed by atoms with Crippen LogP contribution in [0.4, 0.5) is 5.69 Å². The Balaban J connectivity index is 2.43. The maximum atomic E-state index is 12.2. The van der Waals surface area contributed by atoms with Gasteiger partial charge in [-0.1, -0.05) is 6.07 Å². The van der Waals surface area contributed by atoms with Crippen molar-refractivity contribution in [2.45, 2.75) is 0 Å². The van der Waals surface area contributed by atoms with E-state index in [9.17, 15) is 9.59 Å². The third-order valence-corrected chi connectivity index (χ3v) is 3.46. The van der Waals surface area contributed by atoms with Crippen LogP contribution in [0.25, 0.3) is 0 Å². The zero-order valence-electron chi connectivity index (χ0n) is 13.4. The van der Waals surface area contributed by atoms with Gasteiger partial charge in [0.2, 0.25) is 0 Å². The molecule has 0 bridgehead atoms. The number of methoxy groups -OCH3 is 2. The number of benzene rings is 1. The van der Waals surface area contributed by atoms with Gasteiger partial charge in [-0.05, 0) is 12.1 Å². The molecule has 0 fully saturated rings. The summed E-state index contributed by atoms with van der Waals surface area (Å²) in [7, 11) is 2.49. The fourth-order valence-electron chi connectivity index (χ4n) is 2.24. The second kappa shape index (κ2) is 8.56. The second-order valence-corrected chi connectivity index (χ2v) is 5.13. The van der Waals surface area contributed by atoms with Crippen molar-refractivity contribution in [3.63, 3.8) is 0 Å². The third kappa shape index (κ3) is 3.98. The highest BCUT2D eigenvalue weighted by Gasteiger charge is 2.32. The lowest BCUT2D eigenvalue weighted by Crippen LogP contribution is -2.38. The number of hydrogen-bond donors (Lipinski definition) is 0. The average molecular weight is 356 g/mol. The van der Waals surface area contributed by atoms with Crippen molar-refractivity contribution >= 4 is 29.2 Å². The van der Waals surface area contributed by atoms with Crippen molar-refractivity contribution in [2.75, 3.05) is 44.9 Å². The Morgan fingerprint density at radius 2 is 2.00 bits per heavy atom. The summed E-state index contributed by atoms with van der Waals surface area (Å²) in [5.74, 6) is -0.348. The number of carbonyl (C=O) groups excluding carboxylic acids is 2. The molecule has 8 heteroatoms. The molecule has 0 aliphatic carbocycles. The van der Waals surface area contributed by atoms with E-state index in [2.05, 4.69) is 0 Å². The molecule has 1 aromatic rings. The molecule has 0 aromatic heterocycles. The predicted octanol–water partition coefficient (Wildman–Crippen LogP) is 1.70. The lowest BCUT2D eigenvalue weighted by molar-refractivity contribution is -0.140. The molecule has 0 saturated carbocycles. The minimum Gasteiger partial charge on any atom is -0.492 e. The number of alkyl halides is 1. The van der Waals surface area contributed by atoms with Gasteiger partial charge in [-0.3, -0.25) is 0 Å². The Hall–Kier alpha value is -2.25. The summed E-state index contributed by atoms with van der Waals surface area (Å²) in [4.78, 5) is 25.7. The Morgan fingerprint density at radius 1 is 1.25 bits per heavy atom. The number of anilines is 1. The number of nitrogens with zero attached hydrogens (tertiary/aromatic N) is 1. The first-order chi connectivity index (χ1) is 11.6. The molecular formula is C16H18ClNO6. The molecule has 2 rings (SSSR count). The van der Waals surface area contributed by atoms with Gasteiger partial charge < -0.3 is 23.8 Å². The molecule has 1 aromatic carbocycles. The Kier molecular flexibility index (Phi) is 6.45. The molecule has 0 N–H and O–H groups in total. The summed E-state index contributed by atoms with van der Waals surface area (Å²) in [6.07, 6.45) is 0. The summed E-state index contributed by atoms with van der Waals surface area (Å²) < 4.78 is 20.4. The summed E-state index contributed by atoms with van der Waals surface area (Å²) >= 11 is 5.62. The molecule has 0 amide bonds. The van der Waals surface area contributed by atoms with Gasteiger partial charge in [-0.2, -0.15) is 0 Å². The number of halogens is 1. The molecule has 0 radical (unpaired) electrons. The van der Waals surface area contributed by atoms with Gasteiger partial charge in [-0.25, -0.2) is 9.59 Å². The second-order valence-electron chi connectivity index (χ2n) is 4.75. The summed E-state index contributed by atoms with van der Waals surface area (Å²) in [5.41, 5.74) is 0.802. The van der Waals surface area contributed by atoms with Gasteiger partial charge in [0.25, 0.3) is 0 Å². The SMILES string of the molecule is COC(=O)C1=C(C(=O)OC)N(c2cccc(OCCCl)c2)COC1. The minimum absolute atomic E-state index is 0.0317. The topological polar surface area (TPSA) is 74.3 Å². The number of hydrogen-bond acceptors (Lipinski definition) is 7. The van der Waals surface area contributed by atoms with Crippen LogP contribution in [-0.2, 0) is 23.8 Å². The van der Waals surface area contributed by atoms with Crippen molar-refractivity contribution in [1.29, 1.82) is 0 Å². The molecule has 130 valence electrons. The van der Waals surface area contributed by atoms with Crippen LogP contribution in [0.3, 0.4) is 0 Å². The normalized spacial score (nSPS) is 14.4. The van der Waals surface area contributed by atoms with Crippen molar-refractivity contribution in [2.24, 2.45) is 0 Å². The van der Waals surface area contributed by atoms with Crippen LogP contribution < -0.4 is 9.64 Å². The van der Waals surface area contributed by atoms with E-state index in [-0.39, 0.29) is 24.6 Å². The smallest absolute Gasteiger partial charge is 0.355 e. The Morgan fingerprint density at radius 3 is 2.67 bits per heavy atom. The summed E-state index contributed by atoms with van der Waals surface area (Å²) in [6.45, 7) is 0.411. The van der Waals surface area contributed by atoms with Gasteiger partial charge >= 0.3 is 11.9 Å². The molecule has 0 saturated heterocycles. The maximum Gasteiger partial charge on any atom is 0.355 e. The van der Waals surface area contributed by atoms with E-state index in [4.69, 9.17) is 30.5 Å². The fourth-order valence-corrected chi connectivity index (χ4v) is 2.32. The molecule has 0 atom stereocenters. The van der Waals surface area contributed by atoms with E-state index in [1.165, 1.54) is 19.1 Å². The van der Waals surface area contributed by atoms with E-state index >= 15 is 0 Å². The van der Waals surface area contributed by atoms with E-state index in [1.807, 2.05) is 0 Å². The zero-order chi connectivity index (χ0) is 17.5. The molecule has 0 spiro atoms. The van der Waals surface area contributed by atoms with Crippen molar-refractivity contribution < 1.29 is 28.5 Å². The van der Waals surface area contributed by atoms with Crippen molar-refractivity contribution in [3.05, 3.63) is 35.5 Å². The lowest BCUT2D eigenvalue weighted by atomic mass is 10.1. The lowest BCUT2D eigenvalue weighted by Gasteiger charge is -2.31. The van der Waals surface area contributed by atoms with E-state index in [1.54, 1.807) is 24.3 Å². The minimum atomic E-state index is -0.647. The summed E-state index contributed by atoms with van der Waals surface area (Å²) in [6, 6.07) is 7.02. The molecule has 24 heavy (non-hydrogen) atoms. The number of rotatable bonds is 6. The molecule has 1 heterocycles. The molecule has 0 unspecified atom stereocenters. The molecule has 1 aliphatic rings. The van der Waals surface area contributed by atoms with Crippen LogP contribution in [0.1, 0.15) is 0 Å². The van der Waals surface area contributed by atoms with Crippen LogP contribution in [0.5, 0.6) is 5.75 Å². The van der Waals surface area contributed by atoms with E-state index in [0.717, 1.165) is 0 Å². The maximum absolute atomic E-state index is 12.2. The molecule has 7 nitrogen and oxygen atoms in total. The van der Waals surface area contributed by atoms with Gasteiger partial charge in [0.15, 0.2) is 0 Å². The van der Waals surface area contributed by atoms with Crippen LogP contribution in [-0.4, -0.2) is 52.0 Å². The number of carbonyl (C=O) groups is 2. The standard InChI is InChI=1S/C16H18ClNO6/c1-21-15(19)13-9-23-10-18(14(13)16(20)22-2)11-4-3-5-12(8-11)24-7-6-17/h3-5,8H,6-7,9-10H2,1-2H3. The Bertz CT molecular complexity index is 645. The molecule has 1 aliphatic heterocycles. The van der Waals surface area contributed by atoms with Crippen LogP contribution in [0.2, 0.25) is 0 Å². The van der Waals surface area contributed by atoms with Gasteiger partial charge in [0.05, 0.1) is 32.3 Å². The van der Waals surface area contributed by atoms with Crippen LogP contribution >= 0.6 is 11.6 Å².